The van der Waals surface area contributed by atoms with Crippen LogP contribution in [0.15, 0.2) is 24.5 Å². The van der Waals surface area contributed by atoms with Gasteiger partial charge in [-0.25, -0.2) is 4.98 Å². The number of anilines is 1. The van der Waals surface area contributed by atoms with Gasteiger partial charge in [0.15, 0.2) is 5.69 Å². The van der Waals surface area contributed by atoms with Crippen molar-refractivity contribution in [2.75, 3.05) is 31.1 Å². The van der Waals surface area contributed by atoms with E-state index in [1.54, 1.807) is 12.3 Å². The second-order valence-electron chi connectivity index (χ2n) is 7.33. The van der Waals surface area contributed by atoms with Crippen molar-refractivity contribution in [3.05, 3.63) is 41.9 Å². The molecule has 3 aromatic rings. The lowest BCUT2D eigenvalue weighted by molar-refractivity contribution is -0.140. The zero-order valence-corrected chi connectivity index (χ0v) is 15.2. The molecule has 28 heavy (non-hydrogen) atoms. The molecule has 1 fully saturated rings. The quantitative estimate of drug-likeness (QED) is 0.685. The number of fused-ring (bicyclic) bond motifs is 2. The molecule has 5 rings (SSSR count). The Morgan fingerprint density at radius 1 is 0.964 bits per heavy atom. The first kappa shape index (κ1) is 17.5. The molecule has 0 N–H and O–H groups in total. The van der Waals surface area contributed by atoms with E-state index in [4.69, 9.17) is 0 Å². The smallest absolute Gasteiger partial charge is 0.368 e. The lowest BCUT2D eigenvalue weighted by Gasteiger charge is -2.35. The Morgan fingerprint density at radius 3 is 2.57 bits per heavy atom. The van der Waals surface area contributed by atoms with Gasteiger partial charge in [-0.1, -0.05) is 0 Å². The summed E-state index contributed by atoms with van der Waals surface area (Å²) in [4.78, 5) is 8.19. The minimum Gasteiger partial charge on any atom is -0.368 e. The van der Waals surface area contributed by atoms with Crippen molar-refractivity contribution < 1.29 is 13.2 Å². The van der Waals surface area contributed by atoms with Gasteiger partial charge in [0.1, 0.15) is 17.3 Å². The van der Waals surface area contributed by atoms with E-state index in [0.717, 1.165) is 75.6 Å². The van der Waals surface area contributed by atoms with Crippen molar-refractivity contribution in [1.82, 2.24) is 29.0 Å². The van der Waals surface area contributed by atoms with E-state index in [1.165, 1.54) is 4.40 Å². The number of imidazole rings is 1. The van der Waals surface area contributed by atoms with Crippen molar-refractivity contribution >= 4 is 11.3 Å². The van der Waals surface area contributed by atoms with Crippen LogP contribution in [0.2, 0.25) is 0 Å². The molecule has 0 spiro atoms. The summed E-state index contributed by atoms with van der Waals surface area (Å²) in [5, 5.41) is 8.58. The lowest BCUT2D eigenvalue weighted by Crippen LogP contribution is -2.46. The van der Waals surface area contributed by atoms with Gasteiger partial charge in [0.05, 0.1) is 12.2 Å². The summed E-state index contributed by atoms with van der Waals surface area (Å²) in [7, 11) is 0. The molecule has 1 saturated heterocycles. The van der Waals surface area contributed by atoms with Gasteiger partial charge in [-0.3, -0.25) is 4.90 Å². The van der Waals surface area contributed by atoms with Gasteiger partial charge >= 0.3 is 6.18 Å². The Labute approximate surface area is 159 Å². The number of hydrogen-bond acceptors (Lipinski definition) is 5. The van der Waals surface area contributed by atoms with Gasteiger partial charge in [-0.05, 0) is 18.6 Å². The van der Waals surface area contributed by atoms with Crippen molar-refractivity contribution in [3.8, 4) is 0 Å². The van der Waals surface area contributed by atoms with Gasteiger partial charge < -0.3 is 13.9 Å². The van der Waals surface area contributed by atoms with Crippen LogP contribution >= 0.6 is 0 Å². The van der Waals surface area contributed by atoms with E-state index in [1.807, 2.05) is 6.07 Å². The van der Waals surface area contributed by atoms with Gasteiger partial charge in [0.25, 0.3) is 0 Å². The molecule has 0 amide bonds. The maximum Gasteiger partial charge on any atom is 0.434 e. The van der Waals surface area contributed by atoms with Crippen LogP contribution in [0.1, 0.15) is 23.8 Å². The van der Waals surface area contributed by atoms with Gasteiger partial charge in [-0.2, -0.15) is 13.2 Å². The summed E-state index contributed by atoms with van der Waals surface area (Å²) < 4.78 is 42.2. The molecular weight excluding hydrogens is 371 g/mol. The van der Waals surface area contributed by atoms with E-state index >= 15 is 0 Å². The number of nitrogens with zero attached hydrogens (tertiary/aromatic N) is 7. The summed E-state index contributed by atoms with van der Waals surface area (Å²) in [6, 6.07) is 3.47. The number of halogens is 3. The largest absolute Gasteiger partial charge is 0.434 e. The minimum atomic E-state index is -4.43. The summed E-state index contributed by atoms with van der Waals surface area (Å²) in [6.45, 7) is 5.16. The predicted octanol–water partition coefficient (Wildman–Crippen LogP) is 2.21. The molecule has 0 unspecified atom stereocenters. The standard InChI is InChI=1S/C18H20F3N7/c19-18(20,21)14-11-27-10-13(3-4-15(27)22-14)26-8-6-25(7-9-26)12-17-24-23-16-2-1-5-28(16)17/h3-4,10-11H,1-2,5-9,12H2. The van der Waals surface area contributed by atoms with Crippen LogP contribution in [0, 0.1) is 0 Å². The van der Waals surface area contributed by atoms with E-state index < -0.39 is 11.9 Å². The maximum atomic E-state index is 12.9. The molecule has 0 aliphatic carbocycles. The van der Waals surface area contributed by atoms with Crippen LogP contribution in [-0.4, -0.2) is 55.2 Å². The fourth-order valence-corrected chi connectivity index (χ4v) is 4.00. The Morgan fingerprint density at radius 2 is 1.79 bits per heavy atom. The number of piperazine rings is 1. The third-order valence-electron chi connectivity index (χ3n) is 5.51. The van der Waals surface area contributed by atoms with Crippen molar-refractivity contribution in [2.24, 2.45) is 0 Å². The van der Waals surface area contributed by atoms with Gasteiger partial charge in [0, 0.05) is 51.5 Å². The molecule has 2 aliphatic heterocycles. The second kappa shape index (κ2) is 6.47. The molecule has 0 radical (unpaired) electrons. The SMILES string of the molecule is FC(F)(F)c1cn2cc(N3CCN(Cc4nnc5n4CCC5)CC3)ccc2n1. The second-order valence-corrected chi connectivity index (χ2v) is 7.33. The number of rotatable bonds is 3. The van der Waals surface area contributed by atoms with E-state index in [-0.39, 0.29) is 0 Å². The highest BCUT2D eigenvalue weighted by molar-refractivity contribution is 5.53. The molecular formula is C18H20F3N7. The Kier molecular flexibility index (Phi) is 4.04. The van der Waals surface area contributed by atoms with Crippen LogP contribution in [0.3, 0.4) is 0 Å². The number of pyridine rings is 1. The first-order valence-electron chi connectivity index (χ1n) is 9.41. The molecule has 0 bridgehead atoms. The molecule has 0 aromatic carbocycles. The predicted molar refractivity (Wildman–Crippen MR) is 96.0 cm³/mol. The van der Waals surface area contributed by atoms with Crippen molar-refractivity contribution in [1.29, 1.82) is 0 Å². The zero-order chi connectivity index (χ0) is 19.3. The van der Waals surface area contributed by atoms with Crippen LogP contribution in [-0.2, 0) is 25.7 Å². The summed E-state index contributed by atoms with van der Waals surface area (Å²) >= 11 is 0. The van der Waals surface area contributed by atoms with Crippen molar-refractivity contribution in [2.45, 2.75) is 32.1 Å². The number of aryl methyl sites for hydroxylation is 1. The summed E-state index contributed by atoms with van der Waals surface area (Å²) in [6.07, 6.45) is 0.477. The van der Waals surface area contributed by atoms with Gasteiger partial charge in [-0.15, -0.1) is 10.2 Å². The molecule has 7 nitrogen and oxygen atoms in total. The lowest BCUT2D eigenvalue weighted by atomic mass is 10.2. The van der Waals surface area contributed by atoms with Crippen LogP contribution in [0.25, 0.3) is 5.65 Å². The fourth-order valence-electron chi connectivity index (χ4n) is 4.00. The minimum absolute atomic E-state index is 0.301. The Bertz CT molecular complexity index is 998. The highest BCUT2D eigenvalue weighted by Gasteiger charge is 2.34. The van der Waals surface area contributed by atoms with Gasteiger partial charge in [0.2, 0.25) is 0 Å². The molecule has 148 valence electrons. The third kappa shape index (κ3) is 3.11. The summed E-state index contributed by atoms with van der Waals surface area (Å²) in [5.74, 6) is 2.11. The normalized spacial score (nSPS) is 18.2. The Balaban J connectivity index is 1.26. The van der Waals surface area contributed by atoms with E-state index in [0.29, 0.717) is 5.65 Å². The zero-order valence-electron chi connectivity index (χ0n) is 15.2. The Hall–Kier alpha value is -2.62. The number of aromatic nitrogens is 5. The molecule has 5 heterocycles. The highest BCUT2D eigenvalue weighted by Crippen LogP contribution is 2.29. The number of alkyl halides is 3. The molecule has 3 aromatic heterocycles. The third-order valence-corrected chi connectivity index (χ3v) is 5.51. The molecule has 2 aliphatic rings. The van der Waals surface area contributed by atoms with Crippen LogP contribution < -0.4 is 4.90 Å². The summed E-state index contributed by atoms with van der Waals surface area (Å²) in [5.41, 5.74) is 0.340. The van der Waals surface area contributed by atoms with Crippen LogP contribution in [0.4, 0.5) is 18.9 Å². The molecule has 10 heteroatoms. The number of hydrogen-bond donors (Lipinski definition) is 0. The van der Waals surface area contributed by atoms with E-state index in [2.05, 4.69) is 29.5 Å². The van der Waals surface area contributed by atoms with Crippen molar-refractivity contribution in [3.63, 3.8) is 0 Å². The fraction of sp³-hybridized carbons (Fsp3) is 0.500. The topological polar surface area (TPSA) is 54.5 Å². The highest BCUT2D eigenvalue weighted by atomic mass is 19.4. The average Bonchev–Trinajstić information content (AvgIpc) is 3.37. The van der Waals surface area contributed by atoms with Crippen LogP contribution in [0.5, 0.6) is 0 Å². The van der Waals surface area contributed by atoms with E-state index in [9.17, 15) is 13.2 Å². The first-order valence-corrected chi connectivity index (χ1v) is 9.41. The molecule has 0 saturated carbocycles. The average molecular weight is 391 g/mol. The monoisotopic (exact) mass is 391 g/mol. The molecule has 0 atom stereocenters. The maximum absolute atomic E-state index is 12.9. The first-order chi connectivity index (χ1) is 13.5.